The molecule has 2 fully saturated rings. The minimum atomic E-state index is -0.934. The molecule has 4 aliphatic rings. The molecule has 0 aliphatic carbocycles. The van der Waals surface area contributed by atoms with Crippen molar-refractivity contribution in [1.82, 2.24) is 9.80 Å². The van der Waals surface area contributed by atoms with E-state index in [-0.39, 0.29) is 30.9 Å². The third-order valence-corrected chi connectivity index (χ3v) is 10.5. The zero-order valence-electron chi connectivity index (χ0n) is 23.3. The van der Waals surface area contributed by atoms with Crippen molar-refractivity contribution < 1.29 is 24.2 Å². The third-order valence-electron chi connectivity index (χ3n) is 8.66. The molecular formula is C32H35N3O5S. The van der Waals surface area contributed by atoms with Gasteiger partial charge < -0.3 is 24.5 Å². The van der Waals surface area contributed by atoms with E-state index >= 15 is 0 Å². The average molecular weight is 574 g/mol. The van der Waals surface area contributed by atoms with Crippen molar-refractivity contribution in [3.63, 3.8) is 0 Å². The monoisotopic (exact) mass is 573 g/mol. The number of aliphatic hydroxyl groups is 1. The molecule has 0 aromatic heterocycles. The molecule has 5 atom stereocenters. The zero-order chi connectivity index (χ0) is 28.8. The Morgan fingerprint density at radius 2 is 1.66 bits per heavy atom. The van der Waals surface area contributed by atoms with Gasteiger partial charge in [0.1, 0.15) is 11.8 Å². The number of hydrogen-bond donors (Lipinski definition) is 1. The molecule has 1 spiro atoms. The summed E-state index contributed by atoms with van der Waals surface area (Å²) in [5.74, 6) is -1.25. The number of carbonyl (C=O) groups excluding carboxylic acids is 3. The van der Waals surface area contributed by atoms with Gasteiger partial charge in [-0.15, -0.1) is 11.8 Å². The highest BCUT2D eigenvalue weighted by Crippen LogP contribution is 2.65. The molecule has 3 amide bonds. The number of benzene rings is 2. The summed E-state index contributed by atoms with van der Waals surface area (Å²) in [7, 11) is 0. The number of β-amino-alcohol motifs (C(OH)–C–C–N with tert-alkyl or cyclic N) is 1. The standard InChI is InChI=1S/C32H35N3O5S/c1-3-40-24-13-11-23(12-14-24)34-18-7-15-31(2)25(28(34)37)26-29(38)35(19-20-36)27-30(39)33(17-8-16-32(26,27)41-31)21-22-9-5-4-6-10-22/h4-16,25-27,36H,3,17-21H2,1-2H3/t25-,26+,27?,31+,32+/m1/s1. The molecule has 8 nitrogen and oxygen atoms in total. The molecule has 4 aliphatic heterocycles. The number of amides is 3. The van der Waals surface area contributed by atoms with E-state index in [0.29, 0.717) is 26.2 Å². The maximum Gasteiger partial charge on any atom is 0.247 e. The Morgan fingerprint density at radius 1 is 0.927 bits per heavy atom. The highest BCUT2D eigenvalue weighted by molar-refractivity contribution is 8.02. The minimum Gasteiger partial charge on any atom is -0.494 e. The van der Waals surface area contributed by atoms with E-state index in [0.717, 1.165) is 17.0 Å². The summed E-state index contributed by atoms with van der Waals surface area (Å²) in [5, 5.41) is 9.94. The van der Waals surface area contributed by atoms with E-state index < -0.39 is 27.4 Å². The van der Waals surface area contributed by atoms with E-state index in [1.54, 1.807) is 21.6 Å². The molecule has 0 bridgehead atoms. The van der Waals surface area contributed by atoms with E-state index in [1.165, 1.54) is 4.90 Å². The van der Waals surface area contributed by atoms with Gasteiger partial charge in [0.2, 0.25) is 17.7 Å². The van der Waals surface area contributed by atoms with E-state index in [4.69, 9.17) is 4.74 Å². The summed E-state index contributed by atoms with van der Waals surface area (Å²) < 4.78 is 3.95. The van der Waals surface area contributed by atoms with Gasteiger partial charge in [0.15, 0.2) is 0 Å². The number of thioether (sulfide) groups is 1. The van der Waals surface area contributed by atoms with Crippen molar-refractivity contribution in [2.75, 3.05) is 37.7 Å². The van der Waals surface area contributed by atoms with Crippen LogP contribution in [0.15, 0.2) is 78.9 Å². The number of likely N-dealkylation sites (tertiary alicyclic amines) is 1. The van der Waals surface area contributed by atoms with Gasteiger partial charge in [0.05, 0.1) is 29.8 Å². The van der Waals surface area contributed by atoms with Gasteiger partial charge >= 0.3 is 0 Å². The van der Waals surface area contributed by atoms with Crippen LogP contribution >= 0.6 is 11.8 Å². The summed E-state index contributed by atoms with van der Waals surface area (Å²) in [6.07, 6.45) is 8.03. The number of anilines is 1. The van der Waals surface area contributed by atoms with Gasteiger partial charge in [0.25, 0.3) is 0 Å². The minimum absolute atomic E-state index is 0.0388. The molecule has 4 heterocycles. The number of nitrogens with zero attached hydrogens (tertiary/aromatic N) is 3. The summed E-state index contributed by atoms with van der Waals surface area (Å²) in [6.45, 7) is 5.46. The maximum atomic E-state index is 14.4. The summed E-state index contributed by atoms with van der Waals surface area (Å²) in [4.78, 5) is 48.0. The number of aliphatic hydroxyl groups excluding tert-OH is 1. The fourth-order valence-corrected chi connectivity index (χ4v) is 9.14. The van der Waals surface area contributed by atoms with Crippen molar-refractivity contribution in [3.8, 4) is 5.75 Å². The van der Waals surface area contributed by atoms with Crippen molar-refractivity contribution in [1.29, 1.82) is 0 Å². The lowest BCUT2D eigenvalue weighted by atomic mass is 9.74. The highest BCUT2D eigenvalue weighted by atomic mass is 32.2. The van der Waals surface area contributed by atoms with Crippen LogP contribution in [0.3, 0.4) is 0 Å². The highest BCUT2D eigenvalue weighted by Gasteiger charge is 2.73. The fourth-order valence-electron chi connectivity index (χ4n) is 6.98. The lowest BCUT2D eigenvalue weighted by molar-refractivity contribution is -0.143. The second-order valence-electron chi connectivity index (χ2n) is 11.1. The van der Waals surface area contributed by atoms with E-state index in [1.807, 2.05) is 92.7 Å². The molecular weight excluding hydrogens is 538 g/mol. The molecule has 2 saturated heterocycles. The van der Waals surface area contributed by atoms with Gasteiger partial charge in [-0.3, -0.25) is 14.4 Å². The third kappa shape index (κ3) is 4.46. The Morgan fingerprint density at radius 3 is 2.37 bits per heavy atom. The van der Waals surface area contributed by atoms with Gasteiger partial charge in [-0.05, 0) is 43.7 Å². The summed E-state index contributed by atoms with van der Waals surface area (Å²) >= 11 is 1.55. The van der Waals surface area contributed by atoms with Crippen LogP contribution in [0.25, 0.3) is 0 Å². The first kappa shape index (κ1) is 27.6. The van der Waals surface area contributed by atoms with Gasteiger partial charge in [-0.1, -0.05) is 54.6 Å². The van der Waals surface area contributed by atoms with Crippen LogP contribution < -0.4 is 9.64 Å². The van der Waals surface area contributed by atoms with Crippen LogP contribution in [0.4, 0.5) is 5.69 Å². The molecule has 0 radical (unpaired) electrons. The van der Waals surface area contributed by atoms with Crippen molar-refractivity contribution in [2.24, 2.45) is 11.8 Å². The molecule has 9 heteroatoms. The van der Waals surface area contributed by atoms with Crippen LogP contribution in [-0.2, 0) is 20.9 Å². The van der Waals surface area contributed by atoms with Crippen molar-refractivity contribution in [3.05, 3.63) is 84.5 Å². The molecule has 6 rings (SSSR count). The molecule has 1 unspecified atom stereocenters. The van der Waals surface area contributed by atoms with E-state index in [2.05, 4.69) is 0 Å². The Balaban J connectivity index is 1.39. The van der Waals surface area contributed by atoms with E-state index in [9.17, 15) is 19.5 Å². The molecule has 1 N–H and O–H groups in total. The number of ether oxygens (including phenoxy) is 1. The quantitative estimate of drug-likeness (QED) is 0.512. The van der Waals surface area contributed by atoms with Crippen LogP contribution in [0, 0.1) is 11.8 Å². The molecule has 214 valence electrons. The summed E-state index contributed by atoms with van der Waals surface area (Å²) in [5.41, 5.74) is 1.73. The first-order valence-electron chi connectivity index (χ1n) is 14.2. The van der Waals surface area contributed by atoms with Gasteiger partial charge in [-0.2, -0.15) is 0 Å². The fraction of sp³-hybridized carbons (Fsp3) is 0.406. The van der Waals surface area contributed by atoms with Crippen molar-refractivity contribution >= 4 is 35.2 Å². The number of carbonyl (C=O) groups is 3. The van der Waals surface area contributed by atoms with Crippen LogP contribution in [-0.4, -0.2) is 81.0 Å². The normalized spacial score (nSPS) is 30.7. The smallest absolute Gasteiger partial charge is 0.247 e. The lowest BCUT2D eigenvalue weighted by Crippen LogP contribution is -2.53. The topological polar surface area (TPSA) is 90.4 Å². The first-order valence-corrected chi connectivity index (χ1v) is 15.0. The van der Waals surface area contributed by atoms with Gasteiger partial charge in [-0.25, -0.2) is 0 Å². The maximum absolute atomic E-state index is 14.4. The number of fused-ring (bicyclic) bond motifs is 2. The Bertz CT molecular complexity index is 1400. The second-order valence-corrected chi connectivity index (χ2v) is 12.9. The molecule has 2 aromatic rings. The van der Waals surface area contributed by atoms with Gasteiger partial charge in [0, 0.05) is 36.6 Å². The zero-order valence-corrected chi connectivity index (χ0v) is 24.1. The molecule has 2 aromatic carbocycles. The lowest BCUT2D eigenvalue weighted by Gasteiger charge is -2.36. The van der Waals surface area contributed by atoms with Crippen LogP contribution in [0.5, 0.6) is 5.75 Å². The largest absolute Gasteiger partial charge is 0.494 e. The Hall–Kier alpha value is -3.56. The predicted octanol–water partition coefficient (Wildman–Crippen LogP) is 3.27. The van der Waals surface area contributed by atoms with Crippen molar-refractivity contribution in [2.45, 2.75) is 35.9 Å². The SMILES string of the molecule is CCOc1ccc(N2CC=C[C@]3(C)S[C@]45C=CCN(Cc6ccccc6)C(=O)C4N(CCO)C(=O)[C@@H]5[C@@H]3C2=O)cc1. The van der Waals surface area contributed by atoms with Crippen LogP contribution in [0.1, 0.15) is 19.4 Å². The first-order chi connectivity index (χ1) is 19.8. The Kier molecular flexibility index (Phi) is 7.20. The molecule has 0 saturated carbocycles. The molecule has 41 heavy (non-hydrogen) atoms. The predicted molar refractivity (Wildman–Crippen MR) is 158 cm³/mol. The Labute approximate surface area is 244 Å². The second kappa shape index (κ2) is 10.7. The average Bonchev–Trinajstić information content (AvgIpc) is 3.23. The number of hydrogen-bond acceptors (Lipinski definition) is 6. The summed E-state index contributed by atoms with van der Waals surface area (Å²) in [6, 6.07) is 16.4. The number of rotatable bonds is 7. The van der Waals surface area contributed by atoms with Crippen LogP contribution in [0.2, 0.25) is 0 Å².